The molecule has 3 heterocycles. The van der Waals surface area contributed by atoms with E-state index in [1.54, 1.807) is 0 Å². The lowest BCUT2D eigenvalue weighted by atomic mass is 9.94. The Morgan fingerprint density at radius 2 is 2.10 bits per heavy atom. The van der Waals surface area contributed by atoms with Gasteiger partial charge in [-0.2, -0.15) is 0 Å². The largest absolute Gasteiger partial charge is 0.494 e. The predicted octanol–water partition coefficient (Wildman–Crippen LogP) is 1.35. The molecular formula is C16H25N3O. The van der Waals surface area contributed by atoms with Gasteiger partial charge in [0.2, 0.25) is 0 Å². The Labute approximate surface area is 121 Å². The topological polar surface area (TPSA) is 27.7 Å². The quantitative estimate of drug-likeness (QED) is 0.878. The maximum atomic E-state index is 5.64. The molecule has 20 heavy (non-hydrogen) atoms. The van der Waals surface area contributed by atoms with Crippen molar-refractivity contribution in [2.24, 2.45) is 0 Å². The number of fused-ring (bicyclic) bond motifs is 3. The van der Waals surface area contributed by atoms with E-state index in [9.17, 15) is 0 Å². The highest BCUT2D eigenvalue weighted by atomic mass is 16.5. The lowest BCUT2D eigenvalue weighted by Gasteiger charge is -2.50. The molecule has 3 aliphatic heterocycles. The number of nitrogens with one attached hydrogen (secondary N) is 1. The van der Waals surface area contributed by atoms with Crippen LogP contribution in [0, 0.1) is 0 Å². The number of nitrogens with zero attached hydrogens (tertiary/aromatic N) is 2. The first-order chi connectivity index (χ1) is 9.81. The molecule has 0 aromatic heterocycles. The molecule has 1 aromatic carbocycles. The molecule has 3 fully saturated rings. The fraction of sp³-hybridized carbons (Fsp3) is 0.625. The average Bonchev–Trinajstić information content (AvgIpc) is 2.50. The minimum absolute atomic E-state index is 0.374. The van der Waals surface area contributed by atoms with Crippen molar-refractivity contribution in [2.75, 3.05) is 46.4 Å². The van der Waals surface area contributed by atoms with Crippen LogP contribution in [-0.2, 0) is 0 Å². The highest BCUT2D eigenvalue weighted by Crippen LogP contribution is 2.28. The molecule has 2 atom stereocenters. The molecule has 3 aliphatic rings. The second-order valence-electron chi connectivity index (χ2n) is 5.68. The van der Waals surface area contributed by atoms with E-state index < -0.39 is 0 Å². The molecule has 4 heteroatoms. The first-order valence-electron chi connectivity index (χ1n) is 7.68. The maximum absolute atomic E-state index is 5.64. The first kappa shape index (κ1) is 13.9. The molecule has 0 spiro atoms. The average molecular weight is 275 g/mol. The number of rotatable bonds is 5. The predicted molar refractivity (Wildman–Crippen MR) is 81.2 cm³/mol. The number of ether oxygens (including phenoxy) is 1. The second-order valence-corrected chi connectivity index (χ2v) is 5.68. The maximum Gasteiger partial charge on any atom is 0.119 e. The number of piperazine rings is 3. The SMILES string of the molecule is CCOc1cccc(C(NC)C2CN3CCN2CC3)c1. The van der Waals surface area contributed by atoms with Crippen molar-refractivity contribution in [3.63, 3.8) is 0 Å². The second kappa shape index (κ2) is 6.12. The highest BCUT2D eigenvalue weighted by Gasteiger charge is 2.36. The van der Waals surface area contributed by atoms with Gasteiger partial charge in [0.1, 0.15) is 5.75 Å². The molecule has 3 saturated heterocycles. The summed E-state index contributed by atoms with van der Waals surface area (Å²) in [6, 6.07) is 9.47. The molecule has 1 aromatic rings. The minimum Gasteiger partial charge on any atom is -0.494 e. The van der Waals surface area contributed by atoms with Gasteiger partial charge in [-0.3, -0.25) is 9.80 Å². The normalized spacial score (nSPS) is 30.2. The first-order valence-corrected chi connectivity index (χ1v) is 7.68. The van der Waals surface area contributed by atoms with Crippen LogP contribution >= 0.6 is 0 Å². The van der Waals surface area contributed by atoms with E-state index in [0.717, 1.165) is 12.4 Å². The molecule has 2 unspecified atom stereocenters. The van der Waals surface area contributed by atoms with Crippen molar-refractivity contribution < 1.29 is 4.74 Å². The zero-order chi connectivity index (χ0) is 13.9. The van der Waals surface area contributed by atoms with Crippen molar-refractivity contribution in [3.8, 4) is 5.75 Å². The lowest BCUT2D eigenvalue weighted by molar-refractivity contribution is -0.00257. The number of hydrogen-bond donors (Lipinski definition) is 1. The van der Waals surface area contributed by atoms with Gasteiger partial charge >= 0.3 is 0 Å². The molecule has 4 nitrogen and oxygen atoms in total. The van der Waals surface area contributed by atoms with E-state index in [-0.39, 0.29) is 0 Å². The summed E-state index contributed by atoms with van der Waals surface area (Å²) in [6.45, 7) is 8.78. The summed E-state index contributed by atoms with van der Waals surface area (Å²) in [4.78, 5) is 5.22. The van der Waals surface area contributed by atoms with Gasteiger partial charge in [-0.1, -0.05) is 12.1 Å². The molecule has 1 N–H and O–H groups in total. The summed E-state index contributed by atoms with van der Waals surface area (Å²) in [5.41, 5.74) is 1.33. The van der Waals surface area contributed by atoms with Gasteiger partial charge in [0.15, 0.2) is 0 Å². The third-order valence-corrected chi connectivity index (χ3v) is 4.55. The van der Waals surface area contributed by atoms with E-state index in [2.05, 4.69) is 40.4 Å². The van der Waals surface area contributed by atoms with Crippen LogP contribution in [0.5, 0.6) is 5.75 Å². The Kier molecular flexibility index (Phi) is 4.24. The van der Waals surface area contributed by atoms with Gasteiger partial charge in [0.05, 0.1) is 6.61 Å². The Morgan fingerprint density at radius 3 is 2.70 bits per heavy atom. The Morgan fingerprint density at radius 1 is 1.30 bits per heavy atom. The zero-order valence-electron chi connectivity index (χ0n) is 12.5. The van der Waals surface area contributed by atoms with Crippen LogP contribution in [-0.4, -0.2) is 62.2 Å². The summed E-state index contributed by atoms with van der Waals surface area (Å²) in [5, 5.41) is 3.52. The van der Waals surface area contributed by atoms with Gasteiger partial charge in [-0.05, 0) is 31.7 Å². The third kappa shape index (κ3) is 2.68. The van der Waals surface area contributed by atoms with Crippen molar-refractivity contribution in [1.82, 2.24) is 15.1 Å². The zero-order valence-corrected chi connectivity index (χ0v) is 12.5. The van der Waals surface area contributed by atoms with Crippen LogP contribution in [0.15, 0.2) is 24.3 Å². The van der Waals surface area contributed by atoms with Gasteiger partial charge < -0.3 is 10.1 Å². The third-order valence-electron chi connectivity index (χ3n) is 4.55. The summed E-state index contributed by atoms with van der Waals surface area (Å²) in [5.74, 6) is 0.974. The monoisotopic (exact) mass is 275 g/mol. The van der Waals surface area contributed by atoms with Gasteiger partial charge in [0, 0.05) is 44.8 Å². The van der Waals surface area contributed by atoms with Gasteiger partial charge in [-0.15, -0.1) is 0 Å². The Bertz CT molecular complexity index is 443. The van der Waals surface area contributed by atoms with Crippen LogP contribution < -0.4 is 10.1 Å². The van der Waals surface area contributed by atoms with Crippen molar-refractivity contribution >= 4 is 0 Å². The summed E-state index contributed by atoms with van der Waals surface area (Å²) in [6.07, 6.45) is 0. The van der Waals surface area contributed by atoms with E-state index >= 15 is 0 Å². The van der Waals surface area contributed by atoms with E-state index in [1.165, 1.54) is 38.3 Å². The molecule has 110 valence electrons. The highest BCUT2D eigenvalue weighted by molar-refractivity contribution is 5.31. The summed E-state index contributed by atoms with van der Waals surface area (Å²) in [7, 11) is 2.07. The smallest absolute Gasteiger partial charge is 0.119 e. The fourth-order valence-electron chi connectivity index (χ4n) is 3.52. The molecule has 2 bridgehead atoms. The van der Waals surface area contributed by atoms with Crippen LogP contribution in [0.4, 0.5) is 0 Å². The molecule has 0 amide bonds. The summed E-state index contributed by atoms with van der Waals surface area (Å²) < 4.78 is 5.64. The van der Waals surface area contributed by atoms with Gasteiger partial charge in [0.25, 0.3) is 0 Å². The molecule has 0 saturated carbocycles. The van der Waals surface area contributed by atoms with Crippen LogP contribution in [0.3, 0.4) is 0 Å². The number of hydrogen-bond acceptors (Lipinski definition) is 4. The Balaban J connectivity index is 1.80. The molecule has 0 aliphatic carbocycles. The van der Waals surface area contributed by atoms with Gasteiger partial charge in [-0.25, -0.2) is 0 Å². The van der Waals surface area contributed by atoms with E-state index in [4.69, 9.17) is 4.74 Å². The van der Waals surface area contributed by atoms with E-state index in [1.807, 2.05) is 13.0 Å². The van der Waals surface area contributed by atoms with E-state index in [0.29, 0.717) is 12.1 Å². The minimum atomic E-state index is 0.374. The van der Waals surface area contributed by atoms with Crippen LogP contribution in [0.25, 0.3) is 0 Å². The van der Waals surface area contributed by atoms with Crippen LogP contribution in [0.1, 0.15) is 18.5 Å². The van der Waals surface area contributed by atoms with Crippen LogP contribution in [0.2, 0.25) is 0 Å². The Hall–Kier alpha value is -1.10. The standard InChI is InChI=1S/C16H25N3O/c1-3-20-14-6-4-5-13(11-14)16(17-2)15-12-18-7-9-19(15)10-8-18/h4-6,11,15-17H,3,7-10,12H2,1-2H3. The number of benzene rings is 1. The van der Waals surface area contributed by atoms with Crippen molar-refractivity contribution in [1.29, 1.82) is 0 Å². The number of likely N-dealkylation sites (N-methyl/N-ethyl adjacent to an activating group) is 1. The van der Waals surface area contributed by atoms with Crippen molar-refractivity contribution in [2.45, 2.75) is 19.0 Å². The fourth-order valence-corrected chi connectivity index (χ4v) is 3.52. The summed E-state index contributed by atoms with van der Waals surface area (Å²) >= 11 is 0. The molecule has 0 radical (unpaired) electrons. The molecule has 4 rings (SSSR count). The van der Waals surface area contributed by atoms with Crippen molar-refractivity contribution in [3.05, 3.63) is 29.8 Å². The lowest BCUT2D eigenvalue weighted by Crippen LogP contribution is -2.63. The molecular weight excluding hydrogens is 250 g/mol.